The molecule has 2 atom stereocenters. The van der Waals surface area contributed by atoms with Crippen molar-refractivity contribution in [1.82, 2.24) is 4.90 Å². The Labute approximate surface area is 139 Å². The Kier molecular flexibility index (Phi) is 4.46. The Bertz CT molecular complexity index is 485. The van der Waals surface area contributed by atoms with Crippen LogP contribution in [0.2, 0.25) is 0 Å². The van der Waals surface area contributed by atoms with E-state index in [2.05, 4.69) is 6.08 Å². The Morgan fingerprint density at radius 1 is 1.35 bits per heavy atom. The molecule has 0 bridgehead atoms. The van der Waals surface area contributed by atoms with Crippen molar-refractivity contribution in [2.45, 2.75) is 69.5 Å². The van der Waals surface area contributed by atoms with Gasteiger partial charge in [-0.05, 0) is 57.3 Å². The second-order valence-electron chi connectivity index (χ2n) is 7.90. The van der Waals surface area contributed by atoms with Gasteiger partial charge in [-0.15, -0.1) is 0 Å². The fourth-order valence-corrected chi connectivity index (χ4v) is 4.26. The molecule has 1 amide bonds. The summed E-state index contributed by atoms with van der Waals surface area (Å²) in [6, 6.07) is 0. The van der Waals surface area contributed by atoms with Crippen LogP contribution in [0.1, 0.15) is 57.8 Å². The molecule has 0 aromatic heterocycles. The first kappa shape index (κ1) is 15.6. The summed E-state index contributed by atoms with van der Waals surface area (Å²) in [6.07, 6.45) is 12.5. The molecule has 2 aliphatic heterocycles. The summed E-state index contributed by atoms with van der Waals surface area (Å²) in [5, 5.41) is 0. The molecule has 4 rings (SSSR count). The Balaban J connectivity index is 1.34. The molecule has 4 heteroatoms. The van der Waals surface area contributed by atoms with Gasteiger partial charge in [-0.1, -0.05) is 6.08 Å². The maximum atomic E-state index is 12.8. The minimum atomic E-state index is -0.142. The number of likely N-dealkylation sites (tertiary alicyclic amines) is 1. The molecular formula is C19H29NO3. The minimum Gasteiger partial charge on any atom is -0.375 e. The van der Waals surface area contributed by atoms with Crippen molar-refractivity contribution in [3.05, 3.63) is 11.6 Å². The second kappa shape index (κ2) is 6.56. The number of rotatable bonds is 4. The third-order valence-corrected chi connectivity index (χ3v) is 5.83. The average molecular weight is 319 g/mol. The van der Waals surface area contributed by atoms with Crippen molar-refractivity contribution in [3.8, 4) is 0 Å². The first-order valence-corrected chi connectivity index (χ1v) is 9.48. The maximum Gasteiger partial charge on any atom is 0.249 e. The molecule has 1 spiro atoms. The van der Waals surface area contributed by atoms with Gasteiger partial charge in [0, 0.05) is 25.1 Å². The third-order valence-electron chi connectivity index (χ3n) is 5.83. The molecule has 0 aromatic rings. The molecule has 2 aliphatic carbocycles. The predicted octanol–water partition coefficient (Wildman–Crippen LogP) is 3.06. The van der Waals surface area contributed by atoms with E-state index in [1.54, 1.807) is 0 Å². The molecule has 128 valence electrons. The van der Waals surface area contributed by atoms with E-state index in [-0.39, 0.29) is 17.6 Å². The van der Waals surface area contributed by atoms with Gasteiger partial charge in [0.25, 0.3) is 0 Å². The van der Waals surface area contributed by atoms with Gasteiger partial charge in [0.15, 0.2) is 0 Å². The molecule has 0 N–H and O–H groups in total. The number of hydrogen-bond acceptors (Lipinski definition) is 3. The smallest absolute Gasteiger partial charge is 0.249 e. The van der Waals surface area contributed by atoms with E-state index < -0.39 is 0 Å². The van der Waals surface area contributed by atoms with Gasteiger partial charge in [-0.3, -0.25) is 4.79 Å². The number of piperidine rings is 1. The predicted molar refractivity (Wildman–Crippen MR) is 88.1 cm³/mol. The van der Waals surface area contributed by atoms with Crippen molar-refractivity contribution in [1.29, 1.82) is 0 Å². The highest BCUT2D eigenvalue weighted by atomic mass is 16.6. The topological polar surface area (TPSA) is 38.8 Å². The SMILES string of the molecule is O=C(C1=CCCCC1)N1CCC[C@]2(C[C@H](OCC3CC3)CO2)C1. The van der Waals surface area contributed by atoms with E-state index in [4.69, 9.17) is 9.47 Å². The van der Waals surface area contributed by atoms with Crippen molar-refractivity contribution in [3.63, 3.8) is 0 Å². The quantitative estimate of drug-likeness (QED) is 0.799. The minimum absolute atomic E-state index is 0.142. The second-order valence-corrected chi connectivity index (χ2v) is 7.90. The lowest BCUT2D eigenvalue weighted by atomic mass is 9.88. The normalized spacial score (nSPS) is 34.7. The van der Waals surface area contributed by atoms with Gasteiger partial charge in [0.1, 0.15) is 0 Å². The molecule has 0 unspecified atom stereocenters. The van der Waals surface area contributed by atoms with Crippen LogP contribution < -0.4 is 0 Å². The van der Waals surface area contributed by atoms with Crippen LogP contribution in [-0.2, 0) is 14.3 Å². The monoisotopic (exact) mass is 319 g/mol. The van der Waals surface area contributed by atoms with Crippen molar-refractivity contribution < 1.29 is 14.3 Å². The molecule has 23 heavy (non-hydrogen) atoms. The average Bonchev–Trinajstić information content (AvgIpc) is 3.35. The van der Waals surface area contributed by atoms with Crippen LogP contribution >= 0.6 is 0 Å². The maximum absolute atomic E-state index is 12.8. The lowest BCUT2D eigenvalue weighted by molar-refractivity contribution is -0.135. The largest absolute Gasteiger partial charge is 0.375 e. The summed E-state index contributed by atoms with van der Waals surface area (Å²) >= 11 is 0. The zero-order valence-corrected chi connectivity index (χ0v) is 14.1. The van der Waals surface area contributed by atoms with Crippen LogP contribution in [0.5, 0.6) is 0 Å². The molecule has 2 saturated heterocycles. The molecular weight excluding hydrogens is 290 g/mol. The molecule has 0 aromatic carbocycles. The first-order valence-electron chi connectivity index (χ1n) is 9.48. The molecule has 2 heterocycles. The van der Waals surface area contributed by atoms with E-state index in [0.717, 1.165) is 69.7 Å². The highest BCUT2D eigenvalue weighted by molar-refractivity contribution is 5.93. The summed E-state index contributed by atoms with van der Waals surface area (Å²) in [6.45, 7) is 3.25. The van der Waals surface area contributed by atoms with E-state index in [0.29, 0.717) is 6.61 Å². The van der Waals surface area contributed by atoms with Crippen LogP contribution in [0, 0.1) is 5.92 Å². The highest BCUT2D eigenvalue weighted by Crippen LogP contribution is 2.38. The van der Waals surface area contributed by atoms with Crippen molar-refractivity contribution in [2.24, 2.45) is 5.92 Å². The molecule has 3 fully saturated rings. The summed E-state index contributed by atoms with van der Waals surface area (Å²) in [7, 11) is 0. The molecule has 1 saturated carbocycles. The van der Waals surface area contributed by atoms with Gasteiger partial charge < -0.3 is 14.4 Å². The van der Waals surface area contributed by atoms with E-state index >= 15 is 0 Å². The number of hydrogen-bond donors (Lipinski definition) is 0. The van der Waals surface area contributed by atoms with Gasteiger partial charge in [-0.2, -0.15) is 0 Å². The van der Waals surface area contributed by atoms with Crippen LogP contribution in [0.3, 0.4) is 0 Å². The van der Waals surface area contributed by atoms with Gasteiger partial charge in [-0.25, -0.2) is 0 Å². The zero-order chi connectivity index (χ0) is 15.7. The fraction of sp³-hybridized carbons (Fsp3) is 0.842. The van der Waals surface area contributed by atoms with E-state index in [9.17, 15) is 4.79 Å². The lowest BCUT2D eigenvalue weighted by Crippen LogP contribution is -2.50. The van der Waals surface area contributed by atoms with Crippen LogP contribution in [0.25, 0.3) is 0 Å². The van der Waals surface area contributed by atoms with E-state index in [1.807, 2.05) is 4.90 Å². The standard InChI is InChI=1S/C19H29NO3/c21-18(16-5-2-1-3-6-16)20-10-4-9-19(14-20)11-17(13-23-19)22-12-15-7-8-15/h5,15,17H,1-4,6-14H2/t17-,19-/m0/s1. The lowest BCUT2D eigenvalue weighted by Gasteiger charge is -2.40. The number of carbonyl (C=O) groups excluding carboxylic acids is 1. The Morgan fingerprint density at radius 2 is 2.26 bits per heavy atom. The molecule has 0 radical (unpaired) electrons. The summed E-state index contributed by atoms with van der Waals surface area (Å²) in [5.74, 6) is 1.06. The summed E-state index contributed by atoms with van der Waals surface area (Å²) < 4.78 is 12.2. The highest BCUT2D eigenvalue weighted by Gasteiger charge is 2.45. The fourth-order valence-electron chi connectivity index (χ4n) is 4.26. The van der Waals surface area contributed by atoms with Crippen molar-refractivity contribution >= 4 is 5.91 Å². The number of amides is 1. The van der Waals surface area contributed by atoms with Crippen LogP contribution in [0.4, 0.5) is 0 Å². The summed E-state index contributed by atoms with van der Waals surface area (Å²) in [4.78, 5) is 14.8. The van der Waals surface area contributed by atoms with Gasteiger partial charge in [0.05, 0.1) is 24.9 Å². The van der Waals surface area contributed by atoms with Gasteiger partial charge >= 0.3 is 0 Å². The van der Waals surface area contributed by atoms with E-state index in [1.165, 1.54) is 19.3 Å². The Hall–Kier alpha value is -0.870. The number of carbonyl (C=O) groups is 1. The number of allylic oxidation sites excluding steroid dienone is 1. The number of ether oxygens (including phenoxy) is 2. The number of nitrogens with zero attached hydrogens (tertiary/aromatic N) is 1. The molecule has 4 nitrogen and oxygen atoms in total. The third kappa shape index (κ3) is 3.63. The first-order chi connectivity index (χ1) is 11.2. The zero-order valence-electron chi connectivity index (χ0n) is 14.1. The Morgan fingerprint density at radius 3 is 3.04 bits per heavy atom. The molecule has 4 aliphatic rings. The van der Waals surface area contributed by atoms with Crippen LogP contribution in [-0.4, -0.2) is 48.8 Å². The van der Waals surface area contributed by atoms with Crippen LogP contribution in [0.15, 0.2) is 11.6 Å². The van der Waals surface area contributed by atoms with Crippen molar-refractivity contribution in [2.75, 3.05) is 26.3 Å². The summed E-state index contributed by atoms with van der Waals surface area (Å²) in [5.41, 5.74) is 0.894. The van der Waals surface area contributed by atoms with Gasteiger partial charge in [0.2, 0.25) is 5.91 Å².